The van der Waals surface area contributed by atoms with Crippen LogP contribution in [0.25, 0.3) is 0 Å². The molecule has 3 heteroatoms. The van der Waals surface area contributed by atoms with Crippen molar-refractivity contribution in [2.24, 2.45) is 5.92 Å². The third-order valence-corrected chi connectivity index (χ3v) is 3.84. The molecule has 1 amide bonds. The number of benzene rings is 1. The third kappa shape index (κ3) is 3.85. The summed E-state index contributed by atoms with van der Waals surface area (Å²) in [4.78, 5) is 13.9. The fraction of sp³-hybridized carbons (Fsp3) is 0.471. The second kappa shape index (κ2) is 7.12. The van der Waals surface area contributed by atoms with Crippen LogP contribution in [-0.2, 0) is 11.3 Å². The average Bonchev–Trinajstić information content (AvgIpc) is 2.41. The number of hydrogen-bond acceptors (Lipinski definition) is 2. The minimum Gasteiger partial charge on any atom is -0.384 e. The van der Waals surface area contributed by atoms with Crippen molar-refractivity contribution in [2.45, 2.75) is 32.2 Å². The van der Waals surface area contributed by atoms with Crippen molar-refractivity contribution < 1.29 is 9.90 Å². The number of amides is 1. The topological polar surface area (TPSA) is 40.5 Å². The Morgan fingerprint density at radius 2 is 2.15 bits per heavy atom. The van der Waals surface area contributed by atoms with Gasteiger partial charge in [-0.15, -0.1) is 0 Å². The van der Waals surface area contributed by atoms with E-state index in [1.165, 1.54) is 19.3 Å². The van der Waals surface area contributed by atoms with Crippen molar-refractivity contribution in [3.63, 3.8) is 0 Å². The molecule has 0 heterocycles. The number of hydrogen-bond donors (Lipinski definition) is 1. The monoisotopic (exact) mass is 271 g/mol. The number of rotatable bonds is 4. The summed E-state index contributed by atoms with van der Waals surface area (Å²) in [6, 6.07) is 7.77. The number of aliphatic hydroxyl groups is 1. The Balaban J connectivity index is 1.99. The molecule has 1 aromatic rings. The Morgan fingerprint density at radius 3 is 2.80 bits per heavy atom. The second-order valence-corrected chi connectivity index (χ2v) is 5.37. The van der Waals surface area contributed by atoms with Crippen LogP contribution in [0.4, 0.5) is 0 Å². The fourth-order valence-electron chi connectivity index (χ4n) is 2.36. The highest BCUT2D eigenvalue weighted by Crippen LogP contribution is 2.29. The molecule has 0 atom stereocenters. The molecule has 1 aliphatic carbocycles. The molecule has 3 nitrogen and oxygen atoms in total. The van der Waals surface area contributed by atoms with Crippen LogP contribution < -0.4 is 0 Å². The Morgan fingerprint density at radius 1 is 1.40 bits per heavy atom. The summed E-state index contributed by atoms with van der Waals surface area (Å²) in [6.45, 7) is 0.423. The standard InChI is InChI=1S/C17H21NO2/c1-18(17(20)12-14-6-4-7-14)13-16-9-3-2-8-15(16)10-5-11-19/h2-3,8-9,14,19H,4,6-7,11-13H2,1H3. The molecule has 0 saturated heterocycles. The highest BCUT2D eigenvalue weighted by Gasteiger charge is 2.22. The Hall–Kier alpha value is -1.79. The van der Waals surface area contributed by atoms with E-state index in [9.17, 15) is 4.79 Å². The maximum atomic E-state index is 12.1. The molecule has 20 heavy (non-hydrogen) atoms. The highest BCUT2D eigenvalue weighted by molar-refractivity contribution is 5.76. The smallest absolute Gasteiger partial charge is 0.222 e. The van der Waals surface area contributed by atoms with Crippen LogP contribution in [0.15, 0.2) is 24.3 Å². The minimum absolute atomic E-state index is 0.148. The van der Waals surface area contributed by atoms with Gasteiger partial charge in [0.15, 0.2) is 0 Å². The van der Waals surface area contributed by atoms with E-state index in [0.717, 1.165) is 11.1 Å². The van der Waals surface area contributed by atoms with Gasteiger partial charge in [0.2, 0.25) is 5.91 Å². The predicted molar refractivity (Wildman–Crippen MR) is 78.8 cm³/mol. The van der Waals surface area contributed by atoms with Crippen LogP contribution in [-0.4, -0.2) is 29.6 Å². The van der Waals surface area contributed by atoms with Gasteiger partial charge < -0.3 is 10.0 Å². The summed E-state index contributed by atoms with van der Waals surface area (Å²) in [6.07, 6.45) is 4.32. The lowest BCUT2D eigenvalue weighted by atomic mass is 9.83. The van der Waals surface area contributed by atoms with Crippen molar-refractivity contribution in [1.29, 1.82) is 0 Å². The van der Waals surface area contributed by atoms with E-state index in [-0.39, 0.29) is 12.5 Å². The van der Waals surface area contributed by atoms with E-state index < -0.39 is 0 Å². The van der Waals surface area contributed by atoms with Gasteiger partial charge in [0.05, 0.1) is 0 Å². The van der Waals surface area contributed by atoms with Gasteiger partial charge in [-0.2, -0.15) is 0 Å². The summed E-state index contributed by atoms with van der Waals surface area (Å²) >= 11 is 0. The van der Waals surface area contributed by atoms with E-state index in [0.29, 0.717) is 18.9 Å². The molecule has 0 spiro atoms. The normalized spacial score (nSPS) is 14.1. The first-order chi connectivity index (χ1) is 9.70. The average molecular weight is 271 g/mol. The predicted octanol–water partition coefficient (Wildman–Crippen LogP) is 2.18. The maximum absolute atomic E-state index is 12.1. The van der Waals surface area contributed by atoms with Crippen LogP contribution in [0, 0.1) is 17.8 Å². The van der Waals surface area contributed by atoms with E-state index in [1.54, 1.807) is 4.90 Å². The second-order valence-electron chi connectivity index (χ2n) is 5.37. The molecule has 1 aromatic carbocycles. The molecule has 0 radical (unpaired) electrons. The van der Waals surface area contributed by atoms with Gasteiger partial charge in [0.25, 0.3) is 0 Å². The van der Waals surface area contributed by atoms with E-state index in [2.05, 4.69) is 11.8 Å². The Kier molecular flexibility index (Phi) is 5.20. The number of carbonyl (C=O) groups excluding carboxylic acids is 1. The Bertz CT molecular complexity index is 523. The van der Waals surface area contributed by atoms with Gasteiger partial charge in [-0.25, -0.2) is 0 Å². The molecule has 1 fully saturated rings. The van der Waals surface area contributed by atoms with Gasteiger partial charge in [-0.3, -0.25) is 4.79 Å². The molecule has 0 unspecified atom stereocenters. The van der Waals surface area contributed by atoms with Crippen LogP contribution >= 0.6 is 0 Å². The molecule has 106 valence electrons. The van der Waals surface area contributed by atoms with Crippen molar-refractivity contribution in [3.05, 3.63) is 35.4 Å². The van der Waals surface area contributed by atoms with Gasteiger partial charge in [0.1, 0.15) is 6.61 Å². The third-order valence-electron chi connectivity index (χ3n) is 3.84. The lowest BCUT2D eigenvalue weighted by Crippen LogP contribution is -2.29. The lowest BCUT2D eigenvalue weighted by Gasteiger charge is -2.27. The Labute approximate surface area is 120 Å². The molecular formula is C17H21NO2. The van der Waals surface area contributed by atoms with Crippen LogP contribution in [0.3, 0.4) is 0 Å². The van der Waals surface area contributed by atoms with Crippen molar-refractivity contribution in [3.8, 4) is 11.8 Å². The number of carbonyl (C=O) groups is 1. The minimum atomic E-state index is -0.148. The van der Waals surface area contributed by atoms with E-state index in [4.69, 9.17) is 5.11 Å². The first-order valence-electron chi connectivity index (χ1n) is 7.12. The van der Waals surface area contributed by atoms with Gasteiger partial charge >= 0.3 is 0 Å². The van der Waals surface area contributed by atoms with Gasteiger partial charge in [-0.05, 0) is 30.4 Å². The number of aliphatic hydroxyl groups excluding tert-OH is 1. The quantitative estimate of drug-likeness (QED) is 0.853. The molecule has 0 aliphatic heterocycles. The zero-order chi connectivity index (χ0) is 14.4. The number of nitrogens with zero attached hydrogens (tertiary/aromatic N) is 1. The van der Waals surface area contributed by atoms with Crippen LogP contribution in [0.1, 0.15) is 36.8 Å². The van der Waals surface area contributed by atoms with Crippen LogP contribution in [0.5, 0.6) is 0 Å². The molecule has 1 N–H and O–H groups in total. The fourth-order valence-corrected chi connectivity index (χ4v) is 2.36. The maximum Gasteiger partial charge on any atom is 0.222 e. The van der Waals surface area contributed by atoms with Crippen molar-refractivity contribution in [2.75, 3.05) is 13.7 Å². The molecule has 0 bridgehead atoms. The largest absolute Gasteiger partial charge is 0.384 e. The van der Waals surface area contributed by atoms with Crippen LogP contribution in [0.2, 0.25) is 0 Å². The van der Waals surface area contributed by atoms with E-state index in [1.807, 2.05) is 31.3 Å². The SMILES string of the molecule is CN(Cc1ccccc1C#CCO)C(=O)CC1CCC1. The summed E-state index contributed by atoms with van der Waals surface area (Å²) in [5, 5.41) is 8.78. The summed E-state index contributed by atoms with van der Waals surface area (Å²) in [5.41, 5.74) is 1.91. The lowest BCUT2D eigenvalue weighted by molar-refractivity contribution is -0.132. The first kappa shape index (κ1) is 14.6. The highest BCUT2D eigenvalue weighted by atomic mass is 16.2. The zero-order valence-corrected chi connectivity index (χ0v) is 11.9. The van der Waals surface area contributed by atoms with Gasteiger partial charge in [0, 0.05) is 25.6 Å². The molecule has 1 saturated carbocycles. The summed E-state index contributed by atoms with van der Waals surface area (Å²) in [7, 11) is 1.84. The first-order valence-corrected chi connectivity index (χ1v) is 7.12. The summed E-state index contributed by atoms with van der Waals surface area (Å²) in [5.74, 6) is 6.39. The zero-order valence-electron chi connectivity index (χ0n) is 11.9. The summed E-state index contributed by atoms with van der Waals surface area (Å²) < 4.78 is 0. The molecule has 0 aromatic heterocycles. The molecule has 2 rings (SSSR count). The van der Waals surface area contributed by atoms with Crippen molar-refractivity contribution in [1.82, 2.24) is 4.90 Å². The van der Waals surface area contributed by atoms with Gasteiger partial charge in [-0.1, -0.05) is 36.5 Å². The molecule has 1 aliphatic rings. The van der Waals surface area contributed by atoms with Crippen molar-refractivity contribution >= 4 is 5.91 Å². The van der Waals surface area contributed by atoms with E-state index >= 15 is 0 Å². The molecular weight excluding hydrogens is 250 g/mol.